The molecular weight excluding hydrogens is 342 g/mol. The van der Waals surface area contributed by atoms with E-state index in [1.165, 1.54) is 0 Å². The molecular formula is C22H23NO4. The Bertz CT molecular complexity index is 818. The van der Waals surface area contributed by atoms with Gasteiger partial charge in [-0.1, -0.05) is 42.5 Å². The summed E-state index contributed by atoms with van der Waals surface area (Å²) in [5, 5.41) is 9.07. The van der Waals surface area contributed by atoms with Gasteiger partial charge in [-0.2, -0.15) is 0 Å². The van der Waals surface area contributed by atoms with Gasteiger partial charge in [-0.15, -0.1) is 0 Å². The predicted octanol–water partition coefficient (Wildman–Crippen LogP) is 3.48. The summed E-state index contributed by atoms with van der Waals surface area (Å²) < 4.78 is 5.89. The van der Waals surface area contributed by atoms with E-state index in [2.05, 4.69) is 0 Å². The summed E-state index contributed by atoms with van der Waals surface area (Å²) >= 11 is 0. The molecule has 27 heavy (non-hydrogen) atoms. The number of nitrogens with zero attached hydrogens (tertiary/aromatic N) is 1. The van der Waals surface area contributed by atoms with Gasteiger partial charge in [0.15, 0.2) is 0 Å². The van der Waals surface area contributed by atoms with Crippen LogP contribution >= 0.6 is 0 Å². The molecule has 0 saturated carbocycles. The zero-order valence-electron chi connectivity index (χ0n) is 15.1. The number of carbonyl (C=O) groups excluding carboxylic acids is 1. The molecule has 2 fully saturated rings. The zero-order valence-corrected chi connectivity index (χ0v) is 15.1. The van der Waals surface area contributed by atoms with Crippen molar-refractivity contribution in [3.05, 3.63) is 71.3 Å². The number of carboxylic acid groups (broad SMARTS) is 1. The number of amides is 1. The Labute approximate surface area is 158 Å². The van der Waals surface area contributed by atoms with E-state index in [0.29, 0.717) is 13.1 Å². The molecule has 0 aliphatic carbocycles. The molecule has 0 spiro atoms. The highest BCUT2D eigenvalue weighted by atomic mass is 16.5. The lowest BCUT2D eigenvalue weighted by Gasteiger charge is -2.28. The summed E-state index contributed by atoms with van der Waals surface area (Å²) in [6.45, 7) is 0.996. The second-order valence-electron chi connectivity index (χ2n) is 7.40. The molecule has 5 heteroatoms. The summed E-state index contributed by atoms with van der Waals surface area (Å²) in [5.41, 5.74) is 2.26. The first kappa shape index (κ1) is 17.7. The molecule has 140 valence electrons. The maximum atomic E-state index is 13.3. The minimum Gasteiger partial charge on any atom is -0.478 e. The first-order chi connectivity index (χ1) is 13.1. The largest absolute Gasteiger partial charge is 0.478 e. The molecule has 2 aliphatic rings. The molecule has 2 aromatic rings. The minimum atomic E-state index is -0.946. The Balaban J connectivity index is 1.53. The van der Waals surface area contributed by atoms with Crippen LogP contribution in [-0.4, -0.2) is 34.1 Å². The number of fused-ring (bicyclic) bond motifs is 2. The van der Waals surface area contributed by atoms with Crippen LogP contribution in [0.15, 0.2) is 54.6 Å². The summed E-state index contributed by atoms with van der Waals surface area (Å²) in [7, 11) is 0. The van der Waals surface area contributed by atoms with Gasteiger partial charge >= 0.3 is 5.97 Å². The lowest BCUT2D eigenvalue weighted by Crippen LogP contribution is -2.39. The van der Waals surface area contributed by atoms with Gasteiger partial charge in [0.25, 0.3) is 0 Å². The van der Waals surface area contributed by atoms with Crippen LogP contribution in [0.4, 0.5) is 0 Å². The van der Waals surface area contributed by atoms with Crippen molar-refractivity contribution in [3.8, 4) is 0 Å². The molecule has 1 amide bonds. The third kappa shape index (κ3) is 3.88. The highest BCUT2D eigenvalue weighted by Gasteiger charge is 2.45. The SMILES string of the molecule is O=C(O)c1ccc(CN(Cc2ccccc2)C(=O)[C@H]2C[C@H]3CC[C@@H]2O3)cc1. The minimum absolute atomic E-state index is 0.0511. The maximum Gasteiger partial charge on any atom is 0.335 e. The van der Waals surface area contributed by atoms with E-state index < -0.39 is 5.97 Å². The number of carbonyl (C=O) groups is 2. The molecule has 2 saturated heterocycles. The van der Waals surface area contributed by atoms with Gasteiger partial charge in [0.05, 0.1) is 23.7 Å². The number of hydrogen-bond acceptors (Lipinski definition) is 3. The molecule has 1 N–H and O–H groups in total. The molecule has 5 nitrogen and oxygen atoms in total. The maximum absolute atomic E-state index is 13.3. The fourth-order valence-electron chi connectivity index (χ4n) is 4.12. The van der Waals surface area contributed by atoms with Crippen LogP contribution in [0, 0.1) is 5.92 Å². The van der Waals surface area contributed by atoms with E-state index in [1.807, 2.05) is 35.2 Å². The normalized spacial score (nSPS) is 23.3. The summed E-state index contributed by atoms with van der Waals surface area (Å²) in [5.74, 6) is -0.878. The van der Waals surface area contributed by atoms with E-state index >= 15 is 0 Å². The van der Waals surface area contributed by atoms with Crippen molar-refractivity contribution in [1.82, 2.24) is 4.90 Å². The topological polar surface area (TPSA) is 66.8 Å². The van der Waals surface area contributed by atoms with Crippen LogP contribution in [0.1, 0.15) is 40.7 Å². The van der Waals surface area contributed by atoms with Crippen LogP contribution in [0.2, 0.25) is 0 Å². The number of aromatic carboxylic acids is 1. The van der Waals surface area contributed by atoms with Gasteiger partial charge < -0.3 is 14.7 Å². The number of benzene rings is 2. The average molecular weight is 365 g/mol. The number of ether oxygens (including phenoxy) is 1. The second-order valence-corrected chi connectivity index (χ2v) is 7.40. The molecule has 4 rings (SSSR count). The lowest BCUT2D eigenvalue weighted by atomic mass is 9.88. The van der Waals surface area contributed by atoms with Gasteiger partial charge in [-0.25, -0.2) is 4.79 Å². The molecule has 2 aliphatic heterocycles. The predicted molar refractivity (Wildman–Crippen MR) is 100 cm³/mol. The second kappa shape index (κ2) is 7.53. The first-order valence-corrected chi connectivity index (χ1v) is 9.40. The average Bonchev–Trinajstić information content (AvgIpc) is 3.32. The van der Waals surface area contributed by atoms with E-state index in [4.69, 9.17) is 9.84 Å². The van der Waals surface area contributed by atoms with E-state index in [9.17, 15) is 9.59 Å². The quantitative estimate of drug-likeness (QED) is 0.851. The standard InChI is InChI=1S/C22H23NO4/c24-21(19-12-18-10-11-20(19)27-18)23(13-15-4-2-1-3-5-15)14-16-6-8-17(9-7-16)22(25)26/h1-9,18-20H,10-14H2,(H,25,26)/t18-,19+,20+/m1/s1. The molecule has 0 radical (unpaired) electrons. The van der Waals surface area contributed by atoms with Crippen LogP contribution in [0.25, 0.3) is 0 Å². The van der Waals surface area contributed by atoms with Crippen molar-refractivity contribution >= 4 is 11.9 Å². The van der Waals surface area contributed by atoms with Crippen molar-refractivity contribution in [2.45, 2.75) is 44.6 Å². The van der Waals surface area contributed by atoms with E-state index in [0.717, 1.165) is 30.4 Å². The van der Waals surface area contributed by atoms with Gasteiger partial charge in [0.2, 0.25) is 5.91 Å². The monoisotopic (exact) mass is 365 g/mol. The molecule has 0 aromatic heterocycles. The fraction of sp³-hybridized carbons (Fsp3) is 0.364. The summed E-state index contributed by atoms with van der Waals surface area (Å²) in [4.78, 5) is 26.2. The van der Waals surface area contributed by atoms with Crippen molar-refractivity contribution in [2.75, 3.05) is 0 Å². The van der Waals surface area contributed by atoms with Crippen molar-refractivity contribution in [2.24, 2.45) is 5.92 Å². The van der Waals surface area contributed by atoms with Crippen LogP contribution in [0.5, 0.6) is 0 Å². The van der Waals surface area contributed by atoms with Crippen LogP contribution in [-0.2, 0) is 22.6 Å². The Morgan fingerprint density at radius 3 is 2.19 bits per heavy atom. The van der Waals surface area contributed by atoms with Crippen LogP contribution < -0.4 is 0 Å². The van der Waals surface area contributed by atoms with Gasteiger partial charge in [0.1, 0.15) is 0 Å². The Kier molecular flexibility index (Phi) is 4.94. The highest BCUT2D eigenvalue weighted by Crippen LogP contribution is 2.40. The molecule has 2 aromatic carbocycles. The first-order valence-electron chi connectivity index (χ1n) is 9.40. The highest BCUT2D eigenvalue weighted by molar-refractivity contribution is 5.87. The number of hydrogen-bond donors (Lipinski definition) is 1. The molecule has 0 unspecified atom stereocenters. The zero-order chi connectivity index (χ0) is 18.8. The van der Waals surface area contributed by atoms with E-state index in [1.54, 1.807) is 24.3 Å². The Hall–Kier alpha value is -2.66. The number of rotatable bonds is 6. The van der Waals surface area contributed by atoms with Crippen molar-refractivity contribution < 1.29 is 19.4 Å². The summed E-state index contributed by atoms with van der Waals surface area (Å²) in [6.07, 6.45) is 3.12. The van der Waals surface area contributed by atoms with Crippen molar-refractivity contribution in [3.63, 3.8) is 0 Å². The smallest absolute Gasteiger partial charge is 0.335 e. The third-order valence-electron chi connectivity index (χ3n) is 5.53. The van der Waals surface area contributed by atoms with E-state index in [-0.39, 0.29) is 29.6 Å². The third-order valence-corrected chi connectivity index (χ3v) is 5.53. The molecule has 2 bridgehead atoms. The molecule has 3 atom stereocenters. The van der Waals surface area contributed by atoms with Gasteiger partial charge in [-0.3, -0.25) is 4.79 Å². The molecule has 2 heterocycles. The Morgan fingerprint density at radius 1 is 0.963 bits per heavy atom. The number of carboxylic acids is 1. The van der Waals surface area contributed by atoms with Crippen molar-refractivity contribution in [1.29, 1.82) is 0 Å². The Morgan fingerprint density at radius 2 is 1.63 bits per heavy atom. The van der Waals surface area contributed by atoms with Crippen LogP contribution in [0.3, 0.4) is 0 Å². The van der Waals surface area contributed by atoms with Gasteiger partial charge in [0, 0.05) is 13.1 Å². The lowest BCUT2D eigenvalue weighted by molar-refractivity contribution is -0.138. The summed E-state index contributed by atoms with van der Waals surface area (Å²) in [6, 6.07) is 16.7. The fourth-order valence-corrected chi connectivity index (χ4v) is 4.12. The van der Waals surface area contributed by atoms with Gasteiger partial charge in [-0.05, 0) is 42.5 Å².